The lowest BCUT2D eigenvalue weighted by Crippen LogP contribution is -2.25. The molecule has 0 saturated carbocycles. The second-order valence-corrected chi connectivity index (χ2v) is 4.28. The summed E-state index contributed by atoms with van der Waals surface area (Å²) in [6, 6.07) is 6.19. The highest BCUT2D eigenvalue weighted by atomic mass is 79.9. The molecule has 84 valence electrons. The van der Waals surface area contributed by atoms with E-state index >= 15 is 0 Å². The maximum atomic E-state index is 5.63. The largest absolute Gasteiger partial charge is 0.274 e. The van der Waals surface area contributed by atoms with E-state index in [9.17, 15) is 0 Å². The summed E-state index contributed by atoms with van der Waals surface area (Å²) in [4.78, 5) is 5.63. The van der Waals surface area contributed by atoms with Gasteiger partial charge >= 0.3 is 0 Å². The molecular weight excluding hydrogens is 254 g/mol. The summed E-state index contributed by atoms with van der Waals surface area (Å²) in [6.07, 6.45) is 1.07. The van der Waals surface area contributed by atoms with Crippen LogP contribution in [0.4, 0.5) is 5.69 Å². The van der Waals surface area contributed by atoms with E-state index in [2.05, 4.69) is 35.8 Å². The molecule has 0 bridgehead atoms. The minimum absolute atomic E-state index is 0.695. The Bertz CT molecular complexity index is 288. The Balaban J connectivity index is 2.98. The van der Waals surface area contributed by atoms with Crippen molar-refractivity contribution in [1.82, 2.24) is 0 Å². The zero-order chi connectivity index (χ0) is 11.3. The van der Waals surface area contributed by atoms with Crippen LogP contribution in [0.2, 0.25) is 0 Å². The maximum Gasteiger partial charge on any atom is 0.0807 e. The lowest BCUT2D eigenvalue weighted by atomic mass is 10.2. The highest BCUT2D eigenvalue weighted by molar-refractivity contribution is 9.10. The molecule has 1 aromatic carbocycles. The molecule has 0 N–H and O–H groups in total. The van der Waals surface area contributed by atoms with Gasteiger partial charge in [0.25, 0.3) is 0 Å². The number of hydrogen-bond donors (Lipinski definition) is 0. The summed E-state index contributed by atoms with van der Waals surface area (Å²) in [5.74, 6) is 0. The molecule has 0 radical (unpaired) electrons. The van der Waals surface area contributed by atoms with E-state index in [0.29, 0.717) is 6.61 Å². The quantitative estimate of drug-likeness (QED) is 0.753. The Hall–Kier alpha value is -0.540. The Morgan fingerprint density at radius 2 is 2.07 bits per heavy atom. The summed E-state index contributed by atoms with van der Waals surface area (Å²) >= 11 is 3.57. The molecule has 0 heterocycles. The van der Waals surface area contributed by atoms with Gasteiger partial charge in [-0.15, -0.1) is 0 Å². The van der Waals surface area contributed by atoms with E-state index in [1.807, 2.05) is 24.1 Å². The van der Waals surface area contributed by atoms with Crippen LogP contribution in [0.25, 0.3) is 0 Å². The molecule has 0 aliphatic carbocycles. The fourth-order valence-electron chi connectivity index (χ4n) is 1.54. The Kier molecular flexibility index (Phi) is 5.12. The average molecular weight is 272 g/mol. The summed E-state index contributed by atoms with van der Waals surface area (Å²) < 4.78 is 1.09. The van der Waals surface area contributed by atoms with Gasteiger partial charge in [-0.05, 0) is 47.8 Å². The van der Waals surface area contributed by atoms with Crippen molar-refractivity contribution in [2.45, 2.75) is 27.2 Å². The molecule has 3 heteroatoms. The van der Waals surface area contributed by atoms with Crippen molar-refractivity contribution in [2.75, 3.05) is 18.2 Å². The molecule has 0 fully saturated rings. The van der Waals surface area contributed by atoms with E-state index in [1.165, 1.54) is 5.56 Å². The minimum atomic E-state index is 0.695. The first-order valence-corrected chi connectivity index (χ1v) is 6.15. The van der Waals surface area contributed by atoms with Gasteiger partial charge in [0.15, 0.2) is 0 Å². The topological polar surface area (TPSA) is 12.5 Å². The molecule has 15 heavy (non-hydrogen) atoms. The first-order chi connectivity index (χ1) is 7.20. The number of nitrogens with zero attached hydrogens (tertiary/aromatic N) is 1. The van der Waals surface area contributed by atoms with Gasteiger partial charge in [-0.1, -0.05) is 19.1 Å². The van der Waals surface area contributed by atoms with E-state index < -0.39 is 0 Å². The number of rotatable bonds is 5. The summed E-state index contributed by atoms with van der Waals surface area (Å²) in [7, 11) is 0. The molecule has 0 amide bonds. The molecule has 0 saturated heterocycles. The van der Waals surface area contributed by atoms with Crippen LogP contribution in [-0.4, -0.2) is 13.2 Å². The SMILES string of the molecule is CCCN(OCC)c1c(C)cccc1Br. The van der Waals surface area contributed by atoms with Crippen molar-refractivity contribution in [2.24, 2.45) is 0 Å². The molecule has 1 rings (SSSR count). The first-order valence-electron chi connectivity index (χ1n) is 5.36. The van der Waals surface area contributed by atoms with Crippen molar-refractivity contribution in [3.8, 4) is 0 Å². The van der Waals surface area contributed by atoms with Crippen LogP contribution in [0, 0.1) is 6.92 Å². The van der Waals surface area contributed by atoms with Gasteiger partial charge in [-0.2, -0.15) is 0 Å². The third kappa shape index (κ3) is 3.21. The number of aryl methyl sites for hydroxylation is 1. The fraction of sp³-hybridized carbons (Fsp3) is 0.500. The second kappa shape index (κ2) is 6.13. The lowest BCUT2D eigenvalue weighted by Gasteiger charge is -2.25. The van der Waals surface area contributed by atoms with Gasteiger partial charge in [0.05, 0.1) is 12.3 Å². The maximum absolute atomic E-state index is 5.63. The average Bonchev–Trinajstić information content (AvgIpc) is 2.18. The monoisotopic (exact) mass is 271 g/mol. The van der Waals surface area contributed by atoms with Gasteiger partial charge in [0.2, 0.25) is 0 Å². The lowest BCUT2D eigenvalue weighted by molar-refractivity contribution is 0.119. The Morgan fingerprint density at radius 3 is 2.60 bits per heavy atom. The van der Waals surface area contributed by atoms with Crippen molar-refractivity contribution < 1.29 is 4.84 Å². The summed E-state index contributed by atoms with van der Waals surface area (Å²) in [6.45, 7) is 7.87. The van der Waals surface area contributed by atoms with Crippen LogP contribution in [0.15, 0.2) is 22.7 Å². The molecule has 0 atom stereocenters. The van der Waals surface area contributed by atoms with Crippen molar-refractivity contribution in [1.29, 1.82) is 0 Å². The van der Waals surface area contributed by atoms with Crippen LogP contribution in [0.3, 0.4) is 0 Å². The number of hydroxylamine groups is 1. The number of para-hydroxylation sites is 1. The van der Waals surface area contributed by atoms with Crippen LogP contribution in [0.5, 0.6) is 0 Å². The van der Waals surface area contributed by atoms with Gasteiger partial charge in [-0.3, -0.25) is 9.90 Å². The molecular formula is C12H18BrNO. The molecule has 0 aliphatic rings. The minimum Gasteiger partial charge on any atom is -0.274 e. The molecule has 0 unspecified atom stereocenters. The van der Waals surface area contributed by atoms with Crippen LogP contribution < -0.4 is 5.06 Å². The molecule has 0 spiro atoms. The Morgan fingerprint density at radius 1 is 1.33 bits per heavy atom. The number of halogens is 1. The van der Waals surface area contributed by atoms with Crippen molar-refractivity contribution in [3.63, 3.8) is 0 Å². The summed E-state index contributed by atoms with van der Waals surface area (Å²) in [5, 5.41) is 1.97. The highest BCUT2D eigenvalue weighted by Crippen LogP contribution is 2.30. The van der Waals surface area contributed by atoms with Gasteiger partial charge in [0, 0.05) is 11.0 Å². The third-order valence-electron chi connectivity index (χ3n) is 2.15. The van der Waals surface area contributed by atoms with Crippen molar-refractivity contribution in [3.05, 3.63) is 28.2 Å². The normalized spacial score (nSPS) is 10.4. The highest BCUT2D eigenvalue weighted by Gasteiger charge is 2.11. The van der Waals surface area contributed by atoms with Crippen LogP contribution >= 0.6 is 15.9 Å². The zero-order valence-electron chi connectivity index (χ0n) is 9.59. The predicted molar refractivity (Wildman–Crippen MR) is 68.1 cm³/mol. The number of hydrogen-bond acceptors (Lipinski definition) is 2. The molecule has 0 aromatic heterocycles. The van der Waals surface area contributed by atoms with E-state index in [0.717, 1.165) is 23.1 Å². The van der Waals surface area contributed by atoms with E-state index in [4.69, 9.17) is 4.84 Å². The number of benzene rings is 1. The Labute approximate surface area is 100 Å². The van der Waals surface area contributed by atoms with Gasteiger partial charge in [-0.25, -0.2) is 0 Å². The molecule has 1 aromatic rings. The third-order valence-corrected chi connectivity index (χ3v) is 2.79. The van der Waals surface area contributed by atoms with Crippen LogP contribution in [0.1, 0.15) is 25.8 Å². The van der Waals surface area contributed by atoms with E-state index in [1.54, 1.807) is 0 Å². The van der Waals surface area contributed by atoms with Crippen molar-refractivity contribution >= 4 is 21.6 Å². The molecule has 0 aliphatic heterocycles. The fourth-order valence-corrected chi connectivity index (χ4v) is 2.20. The van der Waals surface area contributed by atoms with Gasteiger partial charge < -0.3 is 0 Å². The number of anilines is 1. The van der Waals surface area contributed by atoms with Crippen LogP contribution in [-0.2, 0) is 4.84 Å². The van der Waals surface area contributed by atoms with Gasteiger partial charge in [0.1, 0.15) is 0 Å². The predicted octanol–water partition coefficient (Wildman–Crippen LogP) is 3.93. The zero-order valence-corrected chi connectivity index (χ0v) is 11.2. The standard InChI is InChI=1S/C12H18BrNO/c1-4-9-14(15-5-2)12-10(3)7-6-8-11(12)13/h6-8H,4-5,9H2,1-3H3. The first kappa shape index (κ1) is 12.5. The smallest absolute Gasteiger partial charge is 0.0807 e. The molecule has 2 nitrogen and oxygen atoms in total. The second-order valence-electron chi connectivity index (χ2n) is 3.43. The van der Waals surface area contributed by atoms with E-state index in [-0.39, 0.29) is 0 Å². The summed E-state index contributed by atoms with van der Waals surface area (Å²) in [5.41, 5.74) is 2.37.